The smallest absolute Gasteiger partial charge is 0.257 e. The number of nitrogens with zero attached hydrogens (tertiary/aromatic N) is 1. The molecule has 1 heterocycles. The Labute approximate surface area is 161 Å². The summed E-state index contributed by atoms with van der Waals surface area (Å²) in [7, 11) is 0. The van der Waals surface area contributed by atoms with Crippen molar-refractivity contribution in [3.05, 3.63) is 77.4 Å². The van der Waals surface area contributed by atoms with Crippen LogP contribution in [-0.4, -0.2) is 16.8 Å². The number of carbonyl (C=O) groups excluding carboxylic acids is 2. The van der Waals surface area contributed by atoms with E-state index in [1.165, 1.54) is 13.1 Å². The Morgan fingerprint density at radius 2 is 1.56 bits per heavy atom. The Morgan fingerprint density at radius 3 is 2.15 bits per heavy atom. The highest BCUT2D eigenvalue weighted by atomic mass is 35.5. The van der Waals surface area contributed by atoms with E-state index in [1.54, 1.807) is 42.5 Å². The molecule has 0 radical (unpaired) electrons. The van der Waals surface area contributed by atoms with Crippen LogP contribution in [-0.2, 0) is 4.79 Å². The van der Waals surface area contributed by atoms with Crippen LogP contribution in [0.3, 0.4) is 0 Å². The van der Waals surface area contributed by atoms with Gasteiger partial charge in [-0.3, -0.25) is 9.59 Å². The van der Waals surface area contributed by atoms with E-state index in [0.717, 1.165) is 5.69 Å². The van der Waals surface area contributed by atoms with Crippen molar-refractivity contribution in [3.63, 3.8) is 0 Å². The van der Waals surface area contributed by atoms with Crippen molar-refractivity contribution < 1.29 is 9.59 Å². The van der Waals surface area contributed by atoms with E-state index in [2.05, 4.69) is 20.9 Å². The second-order valence-corrected chi connectivity index (χ2v) is 6.16. The number of anilines is 4. The first-order chi connectivity index (χ1) is 13.0. The minimum Gasteiger partial charge on any atom is -0.339 e. The molecule has 0 unspecified atom stereocenters. The number of hydrogen-bond acceptors (Lipinski definition) is 4. The number of carbonyl (C=O) groups is 2. The topological polar surface area (TPSA) is 83.1 Å². The number of halogens is 1. The van der Waals surface area contributed by atoms with Crippen LogP contribution < -0.4 is 16.0 Å². The molecule has 136 valence electrons. The summed E-state index contributed by atoms with van der Waals surface area (Å²) in [5, 5.41) is 9.14. The molecule has 1 aromatic heterocycles. The van der Waals surface area contributed by atoms with E-state index in [0.29, 0.717) is 27.8 Å². The fourth-order valence-electron chi connectivity index (χ4n) is 2.35. The molecule has 2 aromatic carbocycles. The summed E-state index contributed by atoms with van der Waals surface area (Å²) in [5.41, 5.74) is 2.44. The Morgan fingerprint density at radius 1 is 0.889 bits per heavy atom. The number of hydrogen-bond donors (Lipinski definition) is 3. The summed E-state index contributed by atoms with van der Waals surface area (Å²) in [5.74, 6) is 0.154. The summed E-state index contributed by atoms with van der Waals surface area (Å²) >= 11 is 6.11. The van der Waals surface area contributed by atoms with Crippen molar-refractivity contribution in [1.82, 2.24) is 4.98 Å². The zero-order valence-corrected chi connectivity index (χ0v) is 15.2. The maximum Gasteiger partial charge on any atom is 0.257 e. The standard InChI is InChI=1S/C20H17ClN4O2/c1-13(26)23-15-7-9-16(10-8-15)24-20(27)14-6-11-19(22-12-14)25-18-5-3-2-4-17(18)21/h2-12H,1H3,(H,22,25)(H,23,26)(H,24,27). The Balaban J connectivity index is 1.63. The third-order valence-electron chi connectivity index (χ3n) is 3.63. The predicted molar refractivity (Wildman–Crippen MR) is 108 cm³/mol. The van der Waals surface area contributed by atoms with Gasteiger partial charge < -0.3 is 16.0 Å². The number of rotatable bonds is 5. The van der Waals surface area contributed by atoms with Crippen LogP contribution in [0.1, 0.15) is 17.3 Å². The molecule has 0 saturated carbocycles. The van der Waals surface area contributed by atoms with Crippen LogP contribution in [0.4, 0.5) is 22.9 Å². The van der Waals surface area contributed by atoms with Crippen LogP contribution >= 0.6 is 11.6 Å². The molecule has 0 atom stereocenters. The van der Waals surface area contributed by atoms with E-state index < -0.39 is 0 Å². The molecule has 0 spiro atoms. The molecular formula is C20H17ClN4O2. The van der Waals surface area contributed by atoms with Crippen LogP contribution in [0.5, 0.6) is 0 Å². The van der Waals surface area contributed by atoms with Gasteiger partial charge in [-0.1, -0.05) is 23.7 Å². The summed E-state index contributed by atoms with van der Waals surface area (Å²) in [6.45, 7) is 1.44. The second-order valence-electron chi connectivity index (χ2n) is 5.75. The summed E-state index contributed by atoms with van der Waals surface area (Å²) in [4.78, 5) is 27.6. The van der Waals surface area contributed by atoms with Gasteiger partial charge in [-0.15, -0.1) is 0 Å². The van der Waals surface area contributed by atoms with Gasteiger partial charge in [0.2, 0.25) is 5.91 Å². The first-order valence-corrected chi connectivity index (χ1v) is 8.56. The normalized spacial score (nSPS) is 10.1. The van der Waals surface area contributed by atoms with Crippen LogP contribution in [0.15, 0.2) is 66.9 Å². The third kappa shape index (κ3) is 5.05. The van der Waals surface area contributed by atoms with E-state index in [4.69, 9.17) is 11.6 Å². The summed E-state index contributed by atoms with van der Waals surface area (Å²) in [6, 6.07) is 17.6. The third-order valence-corrected chi connectivity index (χ3v) is 3.95. The highest BCUT2D eigenvalue weighted by Gasteiger charge is 2.08. The SMILES string of the molecule is CC(=O)Nc1ccc(NC(=O)c2ccc(Nc3ccccc3Cl)nc2)cc1. The van der Waals surface area contributed by atoms with Gasteiger partial charge in [-0.05, 0) is 48.5 Å². The van der Waals surface area contributed by atoms with Gasteiger partial charge in [0, 0.05) is 24.5 Å². The molecule has 0 bridgehead atoms. The molecule has 0 aliphatic carbocycles. The first kappa shape index (κ1) is 18.4. The molecule has 2 amide bonds. The average Bonchev–Trinajstić information content (AvgIpc) is 2.65. The van der Waals surface area contributed by atoms with Crippen molar-refractivity contribution in [3.8, 4) is 0 Å². The largest absolute Gasteiger partial charge is 0.339 e. The quantitative estimate of drug-likeness (QED) is 0.599. The van der Waals surface area contributed by atoms with E-state index in [-0.39, 0.29) is 11.8 Å². The average molecular weight is 381 g/mol. The lowest BCUT2D eigenvalue weighted by Gasteiger charge is -2.09. The number of aromatic nitrogens is 1. The van der Waals surface area contributed by atoms with Crippen LogP contribution in [0, 0.1) is 0 Å². The van der Waals surface area contributed by atoms with Crippen LogP contribution in [0.25, 0.3) is 0 Å². The number of amides is 2. The molecule has 27 heavy (non-hydrogen) atoms. The van der Waals surface area contributed by atoms with Gasteiger partial charge in [-0.2, -0.15) is 0 Å². The second kappa shape index (κ2) is 8.33. The predicted octanol–water partition coefficient (Wildman–Crippen LogP) is 4.69. The first-order valence-electron chi connectivity index (χ1n) is 8.18. The van der Waals surface area contributed by atoms with E-state index >= 15 is 0 Å². The number of pyridine rings is 1. The van der Waals surface area contributed by atoms with Crippen molar-refractivity contribution >= 4 is 46.3 Å². The maximum atomic E-state index is 12.3. The van der Waals surface area contributed by atoms with Crippen molar-refractivity contribution in [2.45, 2.75) is 6.92 Å². The molecule has 0 saturated heterocycles. The molecule has 3 aromatic rings. The van der Waals surface area contributed by atoms with Crippen molar-refractivity contribution in [2.24, 2.45) is 0 Å². The highest BCUT2D eigenvalue weighted by Crippen LogP contribution is 2.24. The molecule has 0 fully saturated rings. The Hall–Kier alpha value is -3.38. The lowest BCUT2D eigenvalue weighted by atomic mass is 10.2. The van der Waals surface area contributed by atoms with Gasteiger partial charge in [0.05, 0.1) is 16.3 Å². The van der Waals surface area contributed by atoms with Gasteiger partial charge in [-0.25, -0.2) is 4.98 Å². The molecular weight excluding hydrogens is 364 g/mol. The lowest BCUT2D eigenvalue weighted by molar-refractivity contribution is -0.114. The summed E-state index contributed by atoms with van der Waals surface area (Å²) < 4.78 is 0. The maximum absolute atomic E-state index is 12.3. The Kier molecular flexibility index (Phi) is 5.68. The monoisotopic (exact) mass is 380 g/mol. The molecule has 0 aliphatic heterocycles. The minimum absolute atomic E-state index is 0.150. The molecule has 6 nitrogen and oxygen atoms in total. The zero-order valence-electron chi connectivity index (χ0n) is 14.5. The van der Waals surface area contributed by atoms with Gasteiger partial charge in [0.25, 0.3) is 5.91 Å². The fourth-order valence-corrected chi connectivity index (χ4v) is 2.53. The molecule has 0 aliphatic rings. The fraction of sp³-hybridized carbons (Fsp3) is 0.0500. The lowest BCUT2D eigenvalue weighted by Crippen LogP contribution is -2.12. The van der Waals surface area contributed by atoms with Crippen molar-refractivity contribution in [1.29, 1.82) is 0 Å². The van der Waals surface area contributed by atoms with Crippen LogP contribution in [0.2, 0.25) is 5.02 Å². The summed E-state index contributed by atoms with van der Waals surface area (Å²) in [6.07, 6.45) is 1.49. The van der Waals surface area contributed by atoms with Gasteiger partial charge in [0.1, 0.15) is 5.82 Å². The molecule has 3 rings (SSSR count). The molecule has 7 heteroatoms. The zero-order chi connectivity index (χ0) is 19.2. The van der Waals surface area contributed by atoms with Crippen molar-refractivity contribution in [2.75, 3.05) is 16.0 Å². The van der Waals surface area contributed by atoms with E-state index in [1.807, 2.05) is 18.2 Å². The van der Waals surface area contributed by atoms with E-state index in [9.17, 15) is 9.59 Å². The number of benzene rings is 2. The van der Waals surface area contributed by atoms with Gasteiger partial charge in [0.15, 0.2) is 0 Å². The van der Waals surface area contributed by atoms with Gasteiger partial charge >= 0.3 is 0 Å². The highest BCUT2D eigenvalue weighted by molar-refractivity contribution is 6.33. The number of para-hydroxylation sites is 1. The number of nitrogens with one attached hydrogen (secondary N) is 3. The minimum atomic E-state index is -0.279. The molecule has 3 N–H and O–H groups in total. The Bertz CT molecular complexity index is 956.